The third kappa shape index (κ3) is 6.77. The fraction of sp³-hybridized carbons (Fsp3) is 0.474. The van der Waals surface area contributed by atoms with Crippen LogP contribution in [-0.2, 0) is 20.2 Å². The SMILES string of the molecule is CC(C)C(NC(=O)c1ccc(C(C)(C)C)cc1)C(=O)Nc1nnc(NS(C)(=O)=O)s1. The van der Waals surface area contributed by atoms with Crippen LogP contribution >= 0.6 is 11.3 Å². The van der Waals surface area contributed by atoms with Crippen molar-refractivity contribution in [3.63, 3.8) is 0 Å². The topological polar surface area (TPSA) is 130 Å². The first-order chi connectivity index (χ1) is 13.8. The number of nitrogens with zero attached hydrogens (tertiary/aromatic N) is 2. The zero-order valence-corrected chi connectivity index (χ0v) is 19.4. The molecule has 0 aliphatic heterocycles. The lowest BCUT2D eigenvalue weighted by Gasteiger charge is -2.22. The highest BCUT2D eigenvalue weighted by Crippen LogP contribution is 2.23. The fourth-order valence-corrected chi connectivity index (χ4v) is 4.01. The van der Waals surface area contributed by atoms with Crippen molar-refractivity contribution in [2.45, 2.75) is 46.1 Å². The molecule has 0 saturated carbocycles. The molecule has 1 heterocycles. The van der Waals surface area contributed by atoms with Gasteiger partial charge in [-0.1, -0.05) is 58.1 Å². The molecule has 2 aromatic rings. The van der Waals surface area contributed by atoms with Crippen molar-refractivity contribution in [2.24, 2.45) is 5.92 Å². The number of carbonyl (C=O) groups is 2. The predicted molar refractivity (Wildman–Crippen MR) is 118 cm³/mol. The Bertz CT molecular complexity index is 1010. The zero-order valence-electron chi connectivity index (χ0n) is 17.8. The first-order valence-electron chi connectivity index (χ1n) is 9.30. The summed E-state index contributed by atoms with van der Waals surface area (Å²) in [5.41, 5.74) is 1.53. The molecule has 0 spiro atoms. The average molecular weight is 454 g/mol. The smallest absolute Gasteiger partial charge is 0.251 e. The first-order valence-corrected chi connectivity index (χ1v) is 12.0. The number of hydrogen-bond acceptors (Lipinski definition) is 7. The van der Waals surface area contributed by atoms with Gasteiger partial charge in [0.1, 0.15) is 6.04 Å². The van der Waals surface area contributed by atoms with E-state index in [2.05, 4.69) is 46.3 Å². The van der Waals surface area contributed by atoms with Gasteiger partial charge in [-0.15, -0.1) is 10.2 Å². The van der Waals surface area contributed by atoms with E-state index in [9.17, 15) is 18.0 Å². The maximum atomic E-state index is 12.7. The molecule has 0 fully saturated rings. The molecule has 2 rings (SSSR count). The van der Waals surface area contributed by atoms with E-state index < -0.39 is 22.0 Å². The van der Waals surface area contributed by atoms with E-state index in [0.717, 1.165) is 23.2 Å². The van der Waals surface area contributed by atoms with E-state index >= 15 is 0 Å². The summed E-state index contributed by atoms with van der Waals surface area (Å²) in [7, 11) is -3.49. The molecule has 0 aliphatic carbocycles. The van der Waals surface area contributed by atoms with Crippen LogP contribution in [0, 0.1) is 5.92 Å². The van der Waals surface area contributed by atoms with Crippen molar-refractivity contribution < 1.29 is 18.0 Å². The number of aromatic nitrogens is 2. The summed E-state index contributed by atoms with van der Waals surface area (Å²) in [5, 5.41) is 12.9. The molecule has 0 saturated heterocycles. The van der Waals surface area contributed by atoms with Crippen molar-refractivity contribution >= 4 is 43.4 Å². The normalized spacial score (nSPS) is 13.0. The number of anilines is 2. The van der Waals surface area contributed by atoms with Crippen LogP contribution in [0.2, 0.25) is 0 Å². The molecule has 1 aromatic carbocycles. The van der Waals surface area contributed by atoms with Gasteiger partial charge in [-0.05, 0) is 29.0 Å². The minimum atomic E-state index is -3.49. The minimum absolute atomic E-state index is 0.0259. The summed E-state index contributed by atoms with van der Waals surface area (Å²) in [5.74, 6) is -1.02. The van der Waals surface area contributed by atoms with E-state index in [4.69, 9.17) is 0 Å². The number of benzene rings is 1. The molecule has 2 amide bonds. The summed E-state index contributed by atoms with van der Waals surface area (Å²) in [6.45, 7) is 9.89. The Morgan fingerprint density at radius 2 is 1.60 bits per heavy atom. The maximum absolute atomic E-state index is 12.7. The number of hydrogen-bond donors (Lipinski definition) is 3. The Labute approximate surface area is 180 Å². The van der Waals surface area contributed by atoms with Gasteiger partial charge in [0.15, 0.2) is 0 Å². The largest absolute Gasteiger partial charge is 0.340 e. The summed E-state index contributed by atoms with van der Waals surface area (Å²) >= 11 is 0.879. The lowest BCUT2D eigenvalue weighted by Crippen LogP contribution is -2.47. The Morgan fingerprint density at radius 3 is 2.10 bits per heavy atom. The number of nitrogens with one attached hydrogen (secondary N) is 3. The summed E-state index contributed by atoms with van der Waals surface area (Å²) in [6, 6.07) is 6.46. The third-order valence-electron chi connectivity index (χ3n) is 4.18. The van der Waals surface area contributed by atoms with Gasteiger partial charge >= 0.3 is 0 Å². The standard InChI is InChI=1S/C19H27N5O4S2/c1-11(2)14(16(26)21-17-22-23-18(29-17)24-30(6,27)28)20-15(25)12-7-9-13(10-8-12)19(3,4)5/h7-11,14H,1-6H3,(H,20,25)(H,23,24)(H,21,22,26). The van der Waals surface area contributed by atoms with Gasteiger partial charge in [0.25, 0.3) is 5.91 Å². The van der Waals surface area contributed by atoms with E-state index in [1.54, 1.807) is 12.1 Å². The highest BCUT2D eigenvalue weighted by molar-refractivity contribution is 7.92. The van der Waals surface area contributed by atoms with Crippen LogP contribution in [0.4, 0.5) is 10.3 Å². The molecule has 11 heteroatoms. The molecule has 30 heavy (non-hydrogen) atoms. The van der Waals surface area contributed by atoms with Gasteiger partial charge in [-0.3, -0.25) is 19.6 Å². The first kappa shape index (κ1) is 23.7. The maximum Gasteiger partial charge on any atom is 0.251 e. The minimum Gasteiger partial charge on any atom is -0.340 e. The highest BCUT2D eigenvalue weighted by Gasteiger charge is 2.26. The van der Waals surface area contributed by atoms with Crippen LogP contribution in [0.25, 0.3) is 0 Å². The molecule has 9 nitrogen and oxygen atoms in total. The summed E-state index contributed by atoms with van der Waals surface area (Å²) in [6.07, 6.45) is 0.991. The highest BCUT2D eigenvalue weighted by atomic mass is 32.2. The molecule has 0 aliphatic rings. The Balaban J connectivity index is 2.08. The Morgan fingerprint density at radius 1 is 1.03 bits per heavy atom. The second-order valence-corrected chi connectivity index (χ2v) is 11.0. The van der Waals surface area contributed by atoms with Crippen LogP contribution in [0.5, 0.6) is 0 Å². The van der Waals surface area contributed by atoms with Gasteiger partial charge < -0.3 is 5.32 Å². The monoisotopic (exact) mass is 453 g/mol. The van der Waals surface area contributed by atoms with Crippen LogP contribution in [-0.4, -0.2) is 42.7 Å². The predicted octanol–water partition coefficient (Wildman–Crippen LogP) is 2.60. The van der Waals surface area contributed by atoms with Gasteiger partial charge in [-0.2, -0.15) is 0 Å². The third-order valence-corrected chi connectivity index (χ3v) is 5.62. The van der Waals surface area contributed by atoms with Crippen molar-refractivity contribution in [2.75, 3.05) is 16.3 Å². The molecule has 164 valence electrons. The number of carbonyl (C=O) groups excluding carboxylic acids is 2. The number of sulfonamides is 1. The molecule has 1 atom stereocenters. The van der Waals surface area contributed by atoms with Crippen molar-refractivity contribution in [1.82, 2.24) is 15.5 Å². The Hall–Kier alpha value is -2.53. The van der Waals surface area contributed by atoms with E-state index in [0.29, 0.717) is 5.56 Å². The van der Waals surface area contributed by atoms with Gasteiger partial charge in [0.05, 0.1) is 6.26 Å². The molecular formula is C19H27N5O4S2. The quantitative estimate of drug-likeness (QED) is 0.591. The van der Waals surface area contributed by atoms with E-state index in [1.807, 2.05) is 26.0 Å². The Kier molecular flexibility index (Phi) is 7.19. The second kappa shape index (κ2) is 9.09. The number of amides is 2. The van der Waals surface area contributed by atoms with Crippen molar-refractivity contribution in [3.8, 4) is 0 Å². The summed E-state index contributed by atoms with van der Waals surface area (Å²) < 4.78 is 24.7. The molecule has 0 bridgehead atoms. The van der Waals surface area contributed by atoms with Crippen molar-refractivity contribution in [1.29, 1.82) is 0 Å². The van der Waals surface area contributed by atoms with Crippen molar-refractivity contribution in [3.05, 3.63) is 35.4 Å². The fourth-order valence-electron chi connectivity index (χ4n) is 2.54. The lowest BCUT2D eigenvalue weighted by atomic mass is 9.86. The molecule has 1 aromatic heterocycles. The average Bonchev–Trinajstić information content (AvgIpc) is 3.03. The van der Waals surface area contributed by atoms with E-state index in [-0.39, 0.29) is 27.5 Å². The lowest BCUT2D eigenvalue weighted by molar-refractivity contribution is -0.118. The van der Waals surface area contributed by atoms with Gasteiger partial charge in [0.2, 0.25) is 26.2 Å². The molecule has 3 N–H and O–H groups in total. The number of rotatable bonds is 7. The van der Waals surface area contributed by atoms with E-state index in [1.165, 1.54) is 0 Å². The summed E-state index contributed by atoms with van der Waals surface area (Å²) in [4.78, 5) is 25.3. The molecule has 0 radical (unpaired) electrons. The molecule has 1 unspecified atom stereocenters. The van der Waals surface area contributed by atoms with Crippen LogP contribution in [0.1, 0.15) is 50.5 Å². The van der Waals surface area contributed by atoms with Crippen LogP contribution < -0.4 is 15.4 Å². The second-order valence-electron chi connectivity index (χ2n) is 8.30. The van der Waals surface area contributed by atoms with Gasteiger partial charge in [-0.25, -0.2) is 8.42 Å². The van der Waals surface area contributed by atoms with Gasteiger partial charge in [0, 0.05) is 5.56 Å². The van der Waals surface area contributed by atoms with Crippen LogP contribution in [0.15, 0.2) is 24.3 Å². The zero-order chi connectivity index (χ0) is 22.7. The molecular weight excluding hydrogens is 426 g/mol. The van der Waals surface area contributed by atoms with Crippen LogP contribution in [0.3, 0.4) is 0 Å².